The molecule has 144 valence electrons. The Morgan fingerprint density at radius 1 is 0.889 bits per heavy atom. The van der Waals surface area contributed by atoms with E-state index in [1.165, 1.54) is 48.5 Å². The van der Waals surface area contributed by atoms with Crippen LogP contribution in [0.25, 0.3) is 0 Å². The molecule has 1 N–H and O–H groups in total. The number of halogens is 5. The van der Waals surface area contributed by atoms with Gasteiger partial charge in [-0.25, -0.2) is 0 Å². The van der Waals surface area contributed by atoms with Gasteiger partial charge >= 0.3 is 6.18 Å². The van der Waals surface area contributed by atoms with Crippen LogP contribution in [0.1, 0.15) is 20.7 Å². The van der Waals surface area contributed by atoms with Gasteiger partial charge in [0.05, 0.1) is 0 Å². The molecule has 0 heterocycles. The average Bonchev–Trinajstić information content (AvgIpc) is 2.60. The van der Waals surface area contributed by atoms with Crippen LogP contribution >= 0.6 is 23.2 Å². The van der Waals surface area contributed by atoms with Crippen molar-refractivity contribution in [3.05, 3.63) is 69.7 Å². The van der Waals surface area contributed by atoms with E-state index in [0.29, 0.717) is 20.5 Å². The number of benzene rings is 2. The molecule has 0 fully saturated rings. The lowest BCUT2D eigenvalue weighted by molar-refractivity contribution is -0.140. The molecule has 2 aromatic carbocycles. The van der Waals surface area contributed by atoms with Gasteiger partial charge in [0.25, 0.3) is 11.8 Å². The highest BCUT2D eigenvalue weighted by molar-refractivity contribution is 6.31. The number of nitrogens with zero attached hydrogens (tertiary/aromatic N) is 1. The number of amides is 2. The third kappa shape index (κ3) is 6.77. The number of nitrogens with one attached hydrogen (secondary N) is 1. The zero-order valence-electron chi connectivity index (χ0n) is 13.9. The van der Waals surface area contributed by atoms with E-state index >= 15 is 0 Å². The Labute approximate surface area is 163 Å². The Kier molecular flexibility index (Phi) is 7.10. The molecular weight excluding hydrogens is 404 g/mol. The largest absolute Gasteiger partial charge is 0.406 e. The highest BCUT2D eigenvalue weighted by atomic mass is 35.5. The van der Waals surface area contributed by atoms with E-state index in [2.05, 4.69) is 5.32 Å². The van der Waals surface area contributed by atoms with E-state index in [0.717, 1.165) is 0 Å². The van der Waals surface area contributed by atoms with E-state index in [1.807, 2.05) is 0 Å². The standard InChI is InChI=1S/C18H15Cl2F3N2O2/c19-14-5-1-12(2-6-14)16(26)24-9-10-25(11-18(21,22)23)17(27)13-3-7-15(20)8-4-13/h1-8H,9-11H2,(H,24,26). The average molecular weight is 419 g/mol. The Balaban J connectivity index is 2.01. The number of rotatable bonds is 6. The van der Waals surface area contributed by atoms with Crippen molar-refractivity contribution in [3.8, 4) is 0 Å². The molecular formula is C18H15Cl2F3N2O2. The molecule has 0 bridgehead atoms. The minimum atomic E-state index is -4.57. The summed E-state index contributed by atoms with van der Waals surface area (Å²) >= 11 is 11.5. The zero-order chi connectivity index (χ0) is 20.0. The highest BCUT2D eigenvalue weighted by Gasteiger charge is 2.33. The third-order valence-corrected chi connectivity index (χ3v) is 4.03. The minimum absolute atomic E-state index is 0.0766. The predicted molar refractivity (Wildman–Crippen MR) is 97.2 cm³/mol. The van der Waals surface area contributed by atoms with Crippen LogP contribution in [0.15, 0.2) is 48.5 Å². The Bertz CT molecular complexity index is 794. The molecule has 0 saturated carbocycles. The number of carbonyl (C=O) groups excluding carboxylic acids is 2. The molecule has 0 saturated heterocycles. The van der Waals surface area contributed by atoms with Gasteiger partial charge in [0.15, 0.2) is 0 Å². The van der Waals surface area contributed by atoms with Crippen LogP contribution < -0.4 is 5.32 Å². The maximum atomic E-state index is 12.8. The van der Waals surface area contributed by atoms with Crippen molar-refractivity contribution in [2.24, 2.45) is 0 Å². The fraction of sp³-hybridized carbons (Fsp3) is 0.222. The molecule has 2 amide bonds. The van der Waals surface area contributed by atoms with E-state index in [9.17, 15) is 22.8 Å². The summed E-state index contributed by atoms with van der Waals surface area (Å²) in [6.45, 7) is -1.87. The summed E-state index contributed by atoms with van der Waals surface area (Å²) in [6.07, 6.45) is -4.57. The molecule has 0 aliphatic carbocycles. The van der Waals surface area contributed by atoms with Crippen molar-refractivity contribution < 1.29 is 22.8 Å². The lowest BCUT2D eigenvalue weighted by Crippen LogP contribution is -2.43. The van der Waals surface area contributed by atoms with Crippen LogP contribution in [-0.2, 0) is 0 Å². The zero-order valence-corrected chi connectivity index (χ0v) is 15.4. The van der Waals surface area contributed by atoms with Crippen LogP contribution in [0.2, 0.25) is 10.0 Å². The first-order valence-electron chi connectivity index (χ1n) is 7.81. The summed E-state index contributed by atoms with van der Waals surface area (Å²) in [5.74, 6) is -1.28. The van der Waals surface area contributed by atoms with Crippen molar-refractivity contribution in [1.29, 1.82) is 0 Å². The molecule has 0 aliphatic rings. The Morgan fingerprint density at radius 2 is 1.37 bits per heavy atom. The van der Waals surface area contributed by atoms with Gasteiger partial charge in [0, 0.05) is 34.3 Å². The van der Waals surface area contributed by atoms with E-state index in [1.54, 1.807) is 0 Å². The van der Waals surface area contributed by atoms with Crippen molar-refractivity contribution in [2.45, 2.75) is 6.18 Å². The molecule has 27 heavy (non-hydrogen) atoms. The first-order chi connectivity index (χ1) is 12.7. The van der Waals surface area contributed by atoms with E-state index in [-0.39, 0.29) is 18.7 Å². The fourth-order valence-electron chi connectivity index (χ4n) is 2.25. The molecule has 0 atom stereocenters. The Morgan fingerprint density at radius 3 is 1.85 bits per heavy atom. The van der Waals surface area contributed by atoms with E-state index < -0.39 is 24.5 Å². The summed E-state index contributed by atoms with van der Waals surface area (Å²) in [7, 11) is 0. The van der Waals surface area contributed by atoms with Gasteiger partial charge in [-0.3, -0.25) is 9.59 Å². The highest BCUT2D eigenvalue weighted by Crippen LogP contribution is 2.19. The third-order valence-electron chi connectivity index (χ3n) is 3.52. The molecule has 0 aromatic heterocycles. The number of hydrogen-bond donors (Lipinski definition) is 1. The second-order valence-corrected chi connectivity index (χ2v) is 6.48. The van der Waals surface area contributed by atoms with Gasteiger partial charge in [-0.05, 0) is 48.5 Å². The molecule has 9 heteroatoms. The lowest BCUT2D eigenvalue weighted by atomic mass is 10.2. The molecule has 2 aromatic rings. The molecule has 0 aliphatic heterocycles. The molecule has 0 spiro atoms. The lowest BCUT2D eigenvalue weighted by Gasteiger charge is -2.24. The van der Waals surface area contributed by atoms with Gasteiger partial charge in [-0.1, -0.05) is 23.2 Å². The quantitative estimate of drug-likeness (QED) is 0.754. The summed E-state index contributed by atoms with van der Waals surface area (Å²) in [6, 6.07) is 11.6. The van der Waals surface area contributed by atoms with Crippen LogP contribution in [0, 0.1) is 0 Å². The molecule has 0 unspecified atom stereocenters. The Hall–Kier alpha value is -2.25. The van der Waals surface area contributed by atoms with Crippen LogP contribution in [0.4, 0.5) is 13.2 Å². The fourth-order valence-corrected chi connectivity index (χ4v) is 2.50. The topological polar surface area (TPSA) is 49.4 Å². The second kappa shape index (κ2) is 9.10. The SMILES string of the molecule is O=C(NCCN(CC(F)(F)F)C(=O)c1ccc(Cl)cc1)c1ccc(Cl)cc1. The maximum Gasteiger partial charge on any atom is 0.406 e. The van der Waals surface area contributed by atoms with Gasteiger partial charge in [0.2, 0.25) is 0 Å². The van der Waals surface area contributed by atoms with Crippen molar-refractivity contribution in [1.82, 2.24) is 10.2 Å². The van der Waals surface area contributed by atoms with Crippen molar-refractivity contribution in [2.75, 3.05) is 19.6 Å². The summed E-state index contributed by atoms with van der Waals surface area (Å²) in [5, 5.41) is 3.31. The monoisotopic (exact) mass is 418 g/mol. The summed E-state index contributed by atoms with van der Waals surface area (Å²) in [4.78, 5) is 25.0. The van der Waals surface area contributed by atoms with Gasteiger partial charge in [0.1, 0.15) is 6.54 Å². The van der Waals surface area contributed by atoms with Gasteiger partial charge in [-0.15, -0.1) is 0 Å². The van der Waals surface area contributed by atoms with Gasteiger partial charge < -0.3 is 10.2 Å². The molecule has 0 radical (unpaired) electrons. The number of carbonyl (C=O) groups is 2. The maximum absolute atomic E-state index is 12.8. The second-order valence-electron chi connectivity index (χ2n) is 5.61. The van der Waals surface area contributed by atoms with Crippen LogP contribution in [0.3, 0.4) is 0 Å². The van der Waals surface area contributed by atoms with Gasteiger partial charge in [-0.2, -0.15) is 13.2 Å². The summed E-state index contributed by atoms with van der Waals surface area (Å²) in [5.41, 5.74) is 0.387. The first kappa shape index (κ1) is 21.1. The minimum Gasteiger partial charge on any atom is -0.350 e. The van der Waals surface area contributed by atoms with Crippen LogP contribution in [0.5, 0.6) is 0 Å². The number of hydrogen-bond acceptors (Lipinski definition) is 2. The number of alkyl halides is 3. The smallest absolute Gasteiger partial charge is 0.350 e. The summed E-state index contributed by atoms with van der Waals surface area (Å²) < 4.78 is 38.5. The predicted octanol–water partition coefficient (Wildman–Crippen LogP) is 4.43. The molecule has 2 rings (SSSR count). The first-order valence-corrected chi connectivity index (χ1v) is 8.56. The van der Waals surface area contributed by atoms with Crippen LogP contribution in [-0.4, -0.2) is 42.5 Å². The molecule has 4 nitrogen and oxygen atoms in total. The van der Waals surface area contributed by atoms with E-state index in [4.69, 9.17) is 23.2 Å². The normalized spacial score (nSPS) is 11.1. The van der Waals surface area contributed by atoms with Crippen molar-refractivity contribution >= 4 is 35.0 Å². The van der Waals surface area contributed by atoms with Crippen molar-refractivity contribution in [3.63, 3.8) is 0 Å².